The van der Waals surface area contributed by atoms with E-state index in [0.29, 0.717) is 0 Å². The molecule has 0 aromatic heterocycles. The maximum atomic E-state index is 6.00. The van der Waals surface area contributed by atoms with Gasteiger partial charge in [0.15, 0.2) is 0 Å². The third kappa shape index (κ3) is 3.59. The van der Waals surface area contributed by atoms with Gasteiger partial charge in [-0.15, -0.1) is 0 Å². The van der Waals surface area contributed by atoms with Crippen LogP contribution in [-0.2, 0) is 0 Å². The van der Waals surface area contributed by atoms with Crippen LogP contribution in [0.15, 0.2) is 51.7 Å². The maximum Gasteiger partial charge on any atom is 0.0556 e. The minimum atomic E-state index is 0.757. The Kier molecular flexibility index (Phi) is 4.64. The van der Waals surface area contributed by atoms with Crippen molar-refractivity contribution in [3.8, 4) is 0 Å². The van der Waals surface area contributed by atoms with E-state index in [-0.39, 0.29) is 0 Å². The van der Waals surface area contributed by atoms with E-state index in [2.05, 4.69) is 22.5 Å². The SMILES string of the molecule is C=CC=CSc1ccc(Br)cc1Cl. The molecule has 68 valence electrons. The average molecular weight is 276 g/mol. The lowest BCUT2D eigenvalue weighted by Crippen LogP contribution is -1.71. The summed E-state index contributed by atoms with van der Waals surface area (Å²) in [6.45, 7) is 3.59. The number of hydrogen-bond acceptors (Lipinski definition) is 1. The van der Waals surface area contributed by atoms with Crippen molar-refractivity contribution in [1.82, 2.24) is 0 Å². The topological polar surface area (TPSA) is 0 Å². The Morgan fingerprint density at radius 2 is 2.23 bits per heavy atom. The summed E-state index contributed by atoms with van der Waals surface area (Å²) in [6, 6.07) is 5.83. The van der Waals surface area contributed by atoms with Crippen molar-refractivity contribution in [2.45, 2.75) is 4.90 Å². The molecule has 0 N–H and O–H groups in total. The number of benzene rings is 1. The molecule has 0 bridgehead atoms. The molecule has 0 saturated heterocycles. The molecule has 0 nitrogen and oxygen atoms in total. The largest absolute Gasteiger partial charge is 0.0990 e. The highest BCUT2D eigenvalue weighted by atomic mass is 79.9. The van der Waals surface area contributed by atoms with Crippen LogP contribution in [0.1, 0.15) is 0 Å². The minimum absolute atomic E-state index is 0.757. The lowest BCUT2D eigenvalue weighted by Gasteiger charge is -1.99. The third-order valence-corrected chi connectivity index (χ3v) is 3.12. The second-order valence-electron chi connectivity index (χ2n) is 2.26. The monoisotopic (exact) mass is 274 g/mol. The zero-order chi connectivity index (χ0) is 9.68. The zero-order valence-corrected chi connectivity index (χ0v) is 9.99. The van der Waals surface area contributed by atoms with Gasteiger partial charge in [0.1, 0.15) is 0 Å². The van der Waals surface area contributed by atoms with Crippen molar-refractivity contribution in [3.63, 3.8) is 0 Å². The van der Waals surface area contributed by atoms with Gasteiger partial charge in [-0.3, -0.25) is 0 Å². The molecule has 1 aromatic rings. The first-order valence-electron chi connectivity index (χ1n) is 3.63. The van der Waals surface area contributed by atoms with Crippen LogP contribution in [0.5, 0.6) is 0 Å². The van der Waals surface area contributed by atoms with E-state index >= 15 is 0 Å². The Labute approximate surface area is 95.8 Å². The van der Waals surface area contributed by atoms with Crippen LogP contribution >= 0.6 is 39.3 Å². The highest BCUT2D eigenvalue weighted by molar-refractivity contribution is 9.10. The Bertz CT molecular complexity index is 334. The van der Waals surface area contributed by atoms with E-state index in [4.69, 9.17) is 11.6 Å². The van der Waals surface area contributed by atoms with Gasteiger partial charge in [0.05, 0.1) is 5.02 Å². The first-order valence-corrected chi connectivity index (χ1v) is 5.68. The van der Waals surface area contributed by atoms with Crippen molar-refractivity contribution in [3.05, 3.63) is 51.8 Å². The summed E-state index contributed by atoms with van der Waals surface area (Å²) in [7, 11) is 0. The van der Waals surface area contributed by atoms with Gasteiger partial charge in [-0.05, 0) is 23.6 Å². The summed E-state index contributed by atoms with van der Waals surface area (Å²) in [4.78, 5) is 1.04. The van der Waals surface area contributed by atoms with E-state index in [0.717, 1.165) is 14.4 Å². The van der Waals surface area contributed by atoms with E-state index in [1.165, 1.54) is 0 Å². The summed E-state index contributed by atoms with van der Waals surface area (Å²) in [5.41, 5.74) is 0. The van der Waals surface area contributed by atoms with Crippen molar-refractivity contribution < 1.29 is 0 Å². The van der Waals surface area contributed by atoms with Crippen LogP contribution in [-0.4, -0.2) is 0 Å². The summed E-state index contributed by atoms with van der Waals surface area (Å²) in [6.07, 6.45) is 3.61. The highest BCUT2D eigenvalue weighted by Gasteiger charge is 1.98. The number of allylic oxidation sites excluding steroid dienone is 2. The smallest absolute Gasteiger partial charge is 0.0556 e. The van der Waals surface area contributed by atoms with Crippen LogP contribution in [0.2, 0.25) is 5.02 Å². The quantitative estimate of drug-likeness (QED) is 0.559. The lowest BCUT2D eigenvalue weighted by molar-refractivity contribution is 1.45. The number of thioether (sulfide) groups is 1. The second kappa shape index (κ2) is 5.53. The van der Waals surface area contributed by atoms with E-state index in [1.54, 1.807) is 17.8 Å². The number of hydrogen-bond donors (Lipinski definition) is 0. The Morgan fingerprint density at radius 3 is 2.85 bits per heavy atom. The van der Waals surface area contributed by atoms with Crippen LogP contribution in [0.4, 0.5) is 0 Å². The van der Waals surface area contributed by atoms with Crippen molar-refractivity contribution in [2.75, 3.05) is 0 Å². The molecule has 13 heavy (non-hydrogen) atoms. The van der Waals surface area contributed by atoms with Gasteiger partial charge in [0, 0.05) is 9.37 Å². The Hall–Kier alpha value is -0.180. The Balaban J connectivity index is 2.77. The van der Waals surface area contributed by atoms with E-state index in [9.17, 15) is 0 Å². The van der Waals surface area contributed by atoms with Gasteiger partial charge in [-0.25, -0.2) is 0 Å². The van der Waals surface area contributed by atoms with Crippen LogP contribution in [0, 0.1) is 0 Å². The minimum Gasteiger partial charge on any atom is -0.0990 e. The van der Waals surface area contributed by atoms with Gasteiger partial charge in [-0.1, -0.05) is 58.0 Å². The fourth-order valence-corrected chi connectivity index (χ4v) is 2.20. The first kappa shape index (κ1) is 10.9. The number of rotatable bonds is 3. The molecule has 0 fully saturated rings. The lowest BCUT2D eigenvalue weighted by atomic mass is 10.4. The molecular formula is C10H8BrClS. The van der Waals surface area contributed by atoms with E-state index in [1.807, 2.05) is 29.7 Å². The Morgan fingerprint density at radius 1 is 1.46 bits per heavy atom. The molecule has 0 heterocycles. The van der Waals surface area contributed by atoms with Crippen LogP contribution in [0.25, 0.3) is 0 Å². The average Bonchev–Trinajstić information content (AvgIpc) is 2.09. The molecule has 0 aliphatic heterocycles. The second-order valence-corrected chi connectivity index (χ2v) is 4.53. The normalized spacial score (nSPS) is 10.6. The predicted octanol–water partition coefficient (Wildman–Crippen LogP) is 4.89. The van der Waals surface area contributed by atoms with Crippen LogP contribution in [0.3, 0.4) is 0 Å². The molecule has 0 radical (unpaired) electrons. The van der Waals surface area contributed by atoms with Crippen LogP contribution < -0.4 is 0 Å². The van der Waals surface area contributed by atoms with E-state index < -0.39 is 0 Å². The standard InChI is InChI=1S/C10H8BrClS/c1-2-3-6-13-10-5-4-8(11)7-9(10)12/h2-7H,1H2. The molecule has 0 amide bonds. The molecule has 0 aliphatic carbocycles. The first-order chi connectivity index (χ1) is 6.24. The van der Waals surface area contributed by atoms with Crippen molar-refractivity contribution >= 4 is 39.3 Å². The molecular weight excluding hydrogens is 268 g/mol. The van der Waals surface area contributed by atoms with Gasteiger partial charge in [0.2, 0.25) is 0 Å². The van der Waals surface area contributed by atoms with Gasteiger partial charge >= 0.3 is 0 Å². The fourth-order valence-electron chi connectivity index (χ4n) is 0.739. The number of halogens is 2. The molecule has 0 unspecified atom stereocenters. The third-order valence-electron chi connectivity index (χ3n) is 1.30. The maximum absolute atomic E-state index is 6.00. The zero-order valence-electron chi connectivity index (χ0n) is 6.84. The molecule has 1 rings (SSSR count). The van der Waals surface area contributed by atoms with Crippen molar-refractivity contribution in [2.24, 2.45) is 0 Å². The molecule has 0 spiro atoms. The molecule has 0 saturated carbocycles. The van der Waals surface area contributed by atoms with Gasteiger partial charge < -0.3 is 0 Å². The summed E-state index contributed by atoms with van der Waals surface area (Å²) >= 11 is 10.9. The summed E-state index contributed by atoms with van der Waals surface area (Å²) in [5, 5.41) is 2.70. The molecule has 0 atom stereocenters. The fraction of sp³-hybridized carbons (Fsp3) is 0. The summed E-state index contributed by atoms with van der Waals surface area (Å²) < 4.78 is 0.995. The summed E-state index contributed by atoms with van der Waals surface area (Å²) in [5.74, 6) is 0. The van der Waals surface area contributed by atoms with Crippen molar-refractivity contribution in [1.29, 1.82) is 0 Å². The van der Waals surface area contributed by atoms with Gasteiger partial charge in [0.25, 0.3) is 0 Å². The predicted molar refractivity (Wildman–Crippen MR) is 64.3 cm³/mol. The highest BCUT2D eigenvalue weighted by Crippen LogP contribution is 2.30. The van der Waals surface area contributed by atoms with Gasteiger partial charge in [-0.2, -0.15) is 0 Å². The molecule has 0 aliphatic rings. The molecule has 3 heteroatoms. The molecule has 1 aromatic carbocycles.